The molecule has 22 heavy (non-hydrogen) atoms. The van der Waals surface area contributed by atoms with Gasteiger partial charge < -0.3 is 9.26 Å². The smallest absolute Gasteiger partial charge is 0.239 e. The van der Waals surface area contributed by atoms with Crippen molar-refractivity contribution in [2.75, 3.05) is 6.61 Å². The number of thioether (sulfide) groups is 1. The average molecular weight is 324 g/mol. The molecule has 8 nitrogen and oxygen atoms in total. The van der Waals surface area contributed by atoms with Crippen molar-refractivity contribution in [3.8, 4) is 0 Å². The SMILES string of the molecule is CC(C)c1noc([C@@H](C)Sc2nnnn2C[C@@H]2CCCO2)n1. The van der Waals surface area contributed by atoms with E-state index in [9.17, 15) is 0 Å². The van der Waals surface area contributed by atoms with Crippen LogP contribution < -0.4 is 0 Å². The van der Waals surface area contributed by atoms with Crippen LogP contribution >= 0.6 is 11.8 Å². The zero-order chi connectivity index (χ0) is 15.5. The number of aromatic nitrogens is 6. The van der Waals surface area contributed by atoms with E-state index < -0.39 is 0 Å². The molecule has 2 aromatic heterocycles. The van der Waals surface area contributed by atoms with Crippen molar-refractivity contribution in [1.82, 2.24) is 30.3 Å². The molecule has 1 fully saturated rings. The van der Waals surface area contributed by atoms with Gasteiger partial charge in [-0.15, -0.1) is 5.10 Å². The van der Waals surface area contributed by atoms with E-state index in [2.05, 4.69) is 25.7 Å². The topological polar surface area (TPSA) is 91.8 Å². The maximum Gasteiger partial charge on any atom is 0.239 e. The van der Waals surface area contributed by atoms with Crippen molar-refractivity contribution >= 4 is 11.8 Å². The van der Waals surface area contributed by atoms with Crippen LogP contribution in [0, 0.1) is 0 Å². The van der Waals surface area contributed by atoms with Gasteiger partial charge in [-0.1, -0.05) is 30.8 Å². The van der Waals surface area contributed by atoms with Gasteiger partial charge in [0.1, 0.15) is 0 Å². The minimum atomic E-state index is -0.00533. The first-order valence-electron chi connectivity index (χ1n) is 7.51. The number of hydrogen-bond acceptors (Lipinski definition) is 8. The lowest BCUT2D eigenvalue weighted by Gasteiger charge is -2.11. The average Bonchev–Trinajstić information content (AvgIpc) is 3.21. The zero-order valence-electron chi connectivity index (χ0n) is 13.0. The van der Waals surface area contributed by atoms with Gasteiger partial charge in [-0.25, -0.2) is 4.68 Å². The largest absolute Gasteiger partial charge is 0.376 e. The molecule has 2 aromatic rings. The van der Waals surface area contributed by atoms with E-state index >= 15 is 0 Å². The molecule has 0 aliphatic carbocycles. The highest BCUT2D eigenvalue weighted by atomic mass is 32.2. The fourth-order valence-corrected chi connectivity index (χ4v) is 3.06. The third kappa shape index (κ3) is 3.46. The van der Waals surface area contributed by atoms with E-state index in [-0.39, 0.29) is 17.3 Å². The second kappa shape index (κ2) is 6.74. The predicted octanol–water partition coefficient (Wildman–Crippen LogP) is 2.21. The first kappa shape index (κ1) is 15.4. The van der Waals surface area contributed by atoms with E-state index in [1.807, 2.05) is 20.8 Å². The van der Waals surface area contributed by atoms with E-state index in [1.165, 1.54) is 11.8 Å². The van der Waals surface area contributed by atoms with Crippen molar-refractivity contribution in [3.05, 3.63) is 11.7 Å². The second-order valence-corrected chi connectivity index (χ2v) is 6.99. The highest BCUT2D eigenvalue weighted by molar-refractivity contribution is 7.99. The summed E-state index contributed by atoms with van der Waals surface area (Å²) >= 11 is 1.51. The third-order valence-corrected chi connectivity index (χ3v) is 4.56. The Bertz CT molecular complexity index is 607. The van der Waals surface area contributed by atoms with Crippen molar-refractivity contribution in [1.29, 1.82) is 0 Å². The molecule has 0 saturated carbocycles. The molecule has 1 saturated heterocycles. The van der Waals surface area contributed by atoms with Crippen molar-refractivity contribution in [2.45, 2.75) is 62.6 Å². The summed E-state index contributed by atoms with van der Waals surface area (Å²) < 4.78 is 12.7. The summed E-state index contributed by atoms with van der Waals surface area (Å²) in [6.07, 6.45) is 2.36. The molecular weight excluding hydrogens is 304 g/mol. The van der Waals surface area contributed by atoms with Gasteiger partial charge in [0.05, 0.1) is 17.9 Å². The van der Waals surface area contributed by atoms with Crippen LogP contribution in [0.5, 0.6) is 0 Å². The minimum Gasteiger partial charge on any atom is -0.376 e. The molecule has 3 rings (SSSR count). The second-order valence-electron chi connectivity index (χ2n) is 5.68. The summed E-state index contributed by atoms with van der Waals surface area (Å²) in [6, 6.07) is 0. The Morgan fingerprint density at radius 1 is 1.36 bits per heavy atom. The molecule has 1 aliphatic rings. The highest BCUT2D eigenvalue weighted by Crippen LogP contribution is 2.33. The normalized spacial score (nSPS) is 19.9. The van der Waals surface area contributed by atoms with E-state index in [4.69, 9.17) is 9.26 Å². The van der Waals surface area contributed by atoms with E-state index in [1.54, 1.807) is 4.68 Å². The summed E-state index contributed by atoms with van der Waals surface area (Å²) in [4.78, 5) is 4.42. The Morgan fingerprint density at radius 3 is 2.91 bits per heavy atom. The van der Waals surface area contributed by atoms with Gasteiger partial charge in [-0.05, 0) is 30.2 Å². The van der Waals surface area contributed by atoms with Crippen LogP contribution in [-0.4, -0.2) is 43.1 Å². The number of nitrogens with zero attached hydrogens (tertiary/aromatic N) is 6. The Kier molecular flexibility index (Phi) is 4.72. The fraction of sp³-hybridized carbons (Fsp3) is 0.769. The maximum atomic E-state index is 5.63. The summed E-state index contributed by atoms with van der Waals surface area (Å²) in [5.41, 5.74) is 0. The molecule has 3 heterocycles. The summed E-state index contributed by atoms with van der Waals surface area (Å²) in [7, 11) is 0. The van der Waals surface area contributed by atoms with Gasteiger partial charge in [0.15, 0.2) is 5.82 Å². The molecule has 0 unspecified atom stereocenters. The van der Waals surface area contributed by atoms with Crippen LogP contribution in [0.25, 0.3) is 0 Å². The van der Waals surface area contributed by atoms with Crippen molar-refractivity contribution in [3.63, 3.8) is 0 Å². The maximum absolute atomic E-state index is 5.63. The standard InChI is InChI=1S/C13H20N6O2S/c1-8(2)11-14-12(21-16-11)9(3)22-13-15-17-18-19(13)7-10-5-4-6-20-10/h8-10H,4-7H2,1-3H3/t9-,10+/m1/s1. The number of tetrazole rings is 1. The van der Waals surface area contributed by atoms with Gasteiger partial charge in [0.25, 0.3) is 0 Å². The molecule has 9 heteroatoms. The van der Waals surface area contributed by atoms with Crippen LogP contribution in [0.15, 0.2) is 9.68 Å². The molecule has 0 spiro atoms. The Balaban J connectivity index is 1.65. The van der Waals surface area contributed by atoms with Crippen molar-refractivity contribution < 1.29 is 9.26 Å². The lowest BCUT2D eigenvalue weighted by molar-refractivity contribution is 0.0911. The van der Waals surface area contributed by atoms with Gasteiger partial charge in [-0.3, -0.25) is 0 Å². The van der Waals surface area contributed by atoms with Gasteiger partial charge >= 0.3 is 0 Å². The predicted molar refractivity (Wildman–Crippen MR) is 79.5 cm³/mol. The van der Waals surface area contributed by atoms with E-state index in [0.717, 1.165) is 30.4 Å². The lowest BCUT2D eigenvalue weighted by atomic mass is 10.2. The fourth-order valence-electron chi connectivity index (χ4n) is 2.23. The molecule has 0 aromatic carbocycles. The van der Waals surface area contributed by atoms with Crippen LogP contribution in [0.3, 0.4) is 0 Å². The molecular formula is C13H20N6O2S. The highest BCUT2D eigenvalue weighted by Gasteiger charge is 2.22. The molecule has 0 radical (unpaired) electrons. The van der Waals surface area contributed by atoms with E-state index in [0.29, 0.717) is 12.4 Å². The molecule has 1 aliphatic heterocycles. The van der Waals surface area contributed by atoms with Gasteiger partial charge in [0, 0.05) is 12.5 Å². The number of rotatable bonds is 6. The van der Waals surface area contributed by atoms with Crippen LogP contribution in [0.1, 0.15) is 56.5 Å². The monoisotopic (exact) mass is 324 g/mol. The Hall–Kier alpha value is -1.48. The van der Waals surface area contributed by atoms with Gasteiger partial charge in [-0.2, -0.15) is 4.98 Å². The quantitative estimate of drug-likeness (QED) is 0.747. The molecule has 0 amide bonds. The number of ether oxygens (including phenoxy) is 1. The summed E-state index contributed by atoms with van der Waals surface area (Å²) in [6.45, 7) is 7.59. The molecule has 0 bridgehead atoms. The van der Waals surface area contributed by atoms with Crippen LogP contribution in [0.4, 0.5) is 0 Å². The molecule has 0 N–H and O–H groups in total. The minimum absolute atomic E-state index is 0.00533. The third-order valence-electron chi connectivity index (χ3n) is 3.50. The zero-order valence-corrected chi connectivity index (χ0v) is 13.8. The first-order chi connectivity index (χ1) is 10.6. The van der Waals surface area contributed by atoms with Crippen molar-refractivity contribution in [2.24, 2.45) is 0 Å². The van der Waals surface area contributed by atoms with Crippen LogP contribution in [-0.2, 0) is 11.3 Å². The van der Waals surface area contributed by atoms with Gasteiger partial charge in [0.2, 0.25) is 11.0 Å². The van der Waals surface area contributed by atoms with Crippen LogP contribution in [0.2, 0.25) is 0 Å². The lowest BCUT2D eigenvalue weighted by Crippen LogP contribution is -2.17. The summed E-state index contributed by atoms with van der Waals surface area (Å²) in [5, 5.41) is 16.6. The Labute approximate surface area is 133 Å². The Morgan fingerprint density at radius 2 is 2.23 bits per heavy atom. The first-order valence-corrected chi connectivity index (χ1v) is 8.39. The molecule has 2 atom stereocenters. The number of hydrogen-bond donors (Lipinski definition) is 0. The summed E-state index contributed by atoms with van der Waals surface area (Å²) in [5.74, 6) is 1.57. The molecule has 120 valence electrons.